The molecule has 9 aromatic carbocycles. The largest absolute Gasteiger partial charge is 0.455 e. The Kier molecular flexibility index (Phi) is 8.42. The van der Waals surface area contributed by atoms with E-state index >= 15 is 0 Å². The molecule has 5 heteroatoms. The highest BCUT2D eigenvalue weighted by Gasteiger charge is 2.20. The van der Waals surface area contributed by atoms with Crippen LogP contribution in [0.3, 0.4) is 0 Å². The Morgan fingerprint density at radius 2 is 0.774 bits per heavy atom. The number of hydrogen-bond acceptors (Lipinski definition) is 4. The quantitative estimate of drug-likeness (QED) is 0.161. The molecule has 5 nitrogen and oxygen atoms in total. The molecular weight excluding hydrogens is 757 g/mol. The fourth-order valence-corrected chi connectivity index (χ4v) is 8.81. The summed E-state index contributed by atoms with van der Waals surface area (Å²) >= 11 is 0. The van der Waals surface area contributed by atoms with Crippen molar-refractivity contribution in [2.75, 3.05) is 0 Å². The lowest BCUT2D eigenvalue weighted by molar-refractivity contribution is 0.673. The van der Waals surface area contributed by atoms with Crippen molar-refractivity contribution in [1.82, 2.24) is 19.5 Å². The van der Waals surface area contributed by atoms with E-state index in [0.717, 1.165) is 88.4 Å². The third-order valence-electron chi connectivity index (χ3n) is 11.9. The summed E-state index contributed by atoms with van der Waals surface area (Å²) in [5, 5.41) is 4.33. The first kappa shape index (κ1) is 35.5. The Labute approximate surface area is 357 Å². The van der Waals surface area contributed by atoms with Crippen LogP contribution >= 0.6 is 0 Å². The molecular formula is C57H36N4O. The molecule has 0 radical (unpaired) electrons. The lowest BCUT2D eigenvalue weighted by atomic mass is 10.0. The Bertz CT molecular complexity index is 3590. The van der Waals surface area contributed by atoms with Gasteiger partial charge in [0.2, 0.25) is 0 Å². The monoisotopic (exact) mass is 792 g/mol. The van der Waals surface area contributed by atoms with Gasteiger partial charge in [-0.2, -0.15) is 0 Å². The minimum Gasteiger partial charge on any atom is -0.455 e. The maximum atomic E-state index is 6.93. The zero-order valence-corrected chi connectivity index (χ0v) is 33.5. The van der Waals surface area contributed by atoms with E-state index in [-0.39, 0.29) is 0 Å². The standard InChI is InChI=1S/C57H36N4O/c1-4-13-37(14-5-1)40-23-25-42(26-24-40)55-58-56(44-20-12-19-43(35-44)39-17-8-3-9-18-39)60-57(59-55)45-29-32-47-48-33-34-51-53(54(48)62-52(47)36-45)49-21-10-11-22-50(49)61(51)46-30-27-41(28-31-46)38-15-6-2-7-16-38/h1-36H. The molecule has 0 atom stereocenters. The molecule has 12 rings (SSSR count). The Hall–Kier alpha value is -8.41. The second-order valence-corrected chi connectivity index (χ2v) is 15.6. The molecule has 0 unspecified atom stereocenters. The number of aromatic nitrogens is 4. The number of hydrogen-bond donors (Lipinski definition) is 0. The fraction of sp³-hybridized carbons (Fsp3) is 0. The average molecular weight is 793 g/mol. The zero-order valence-electron chi connectivity index (χ0n) is 33.5. The maximum absolute atomic E-state index is 6.93. The van der Waals surface area contributed by atoms with Crippen molar-refractivity contribution >= 4 is 43.7 Å². The number of fused-ring (bicyclic) bond motifs is 7. The lowest BCUT2D eigenvalue weighted by Crippen LogP contribution is -2.00. The Balaban J connectivity index is 0.993. The van der Waals surface area contributed by atoms with Gasteiger partial charge in [0.1, 0.15) is 11.2 Å². The zero-order chi connectivity index (χ0) is 41.0. The van der Waals surface area contributed by atoms with E-state index < -0.39 is 0 Å². The molecule has 0 amide bonds. The minimum absolute atomic E-state index is 0.574. The molecule has 290 valence electrons. The molecule has 12 aromatic rings. The predicted octanol–water partition coefficient (Wildman–Crippen LogP) is 14.9. The number of benzene rings is 9. The van der Waals surface area contributed by atoms with Crippen LogP contribution in [0.1, 0.15) is 0 Å². The van der Waals surface area contributed by atoms with Crippen molar-refractivity contribution in [2.24, 2.45) is 0 Å². The summed E-state index contributed by atoms with van der Waals surface area (Å²) in [7, 11) is 0. The molecule has 0 bridgehead atoms. The van der Waals surface area contributed by atoms with Crippen LogP contribution in [0, 0.1) is 0 Å². The van der Waals surface area contributed by atoms with Crippen molar-refractivity contribution in [3.05, 3.63) is 218 Å². The van der Waals surface area contributed by atoms with Crippen LogP contribution in [-0.2, 0) is 0 Å². The third kappa shape index (κ3) is 6.14. The number of nitrogens with zero attached hydrogens (tertiary/aromatic N) is 4. The maximum Gasteiger partial charge on any atom is 0.164 e. The van der Waals surface area contributed by atoms with Gasteiger partial charge in [0.25, 0.3) is 0 Å². The first-order chi connectivity index (χ1) is 30.7. The first-order valence-electron chi connectivity index (χ1n) is 20.8. The van der Waals surface area contributed by atoms with Crippen molar-refractivity contribution in [3.63, 3.8) is 0 Å². The number of para-hydroxylation sites is 1. The van der Waals surface area contributed by atoms with Gasteiger partial charge >= 0.3 is 0 Å². The third-order valence-corrected chi connectivity index (χ3v) is 11.9. The summed E-state index contributed by atoms with van der Waals surface area (Å²) in [6.07, 6.45) is 0. The van der Waals surface area contributed by atoms with Crippen molar-refractivity contribution < 1.29 is 4.42 Å². The molecule has 0 spiro atoms. The molecule has 0 aliphatic carbocycles. The molecule has 0 fully saturated rings. The van der Waals surface area contributed by atoms with Crippen LogP contribution in [-0.4, -0.2) is 19.5 Å². The van der Waals surface area contributed by atoms with Gasteiger partial charge in [0.15, 0.2) is 17.5 Å². The highest BCUT2D eigenvalue weighted by molar-refractivity contribution is 6.24. The van der Waals surface area contributed by atoms with Gasteiger partial charge in [-0.05, 0) is 81.9 Å². The van der Waals surface area contributed by atoms with Crippen LogP contribution in [0.2, 0.25) is 0 Å². The van der Waals surface area contributed by atoms with E-state index in [4.69, 9.17) is 19.4 Å². The fourth-order valence-electron chi connectivity index (χ4n) is 8.81. The topological polar surface area (TPSA) is 56.7 Å². The molecule has 0 N–H and O–H groups in total. The minimum atomic E-state index is 0.574. The van der Waals surface area contributed by atoms with Gasteiger partial charge in [-0.3, -0.25) is 0 Å². The molecule has 62 heavy (non-hydrogen) atoms. The second kappa shape index (κ2) is 14.7. The van der Waals surface area contributed by atoms with Crippen LogP contribution in [0.25, 0.3) is 117 Å². The summed E-state index contributed by atoms with van der Waals surface area (Å²) in [5.74, 6) is 1.78. The Morgan fingerprint density at radius 3 is 1.44 bits per heavy atom. The highest BCUT2D eigenvalue weighted by Crippen LogP contribution is 2.42. The van der Waals surface area contributed by atoms with E-state index in [1.165, 1.54) is 11.1 Å². The van der Waals surface area contributed by atoms with Crippen molar-refractivity contribution in [2.45, 2.75) is 0 Å². The van der Waals surface area contributed by atoms with Gasteiger partial charge < -0.3 is 8.98 Å². The average Bonchev–Trinajstić information content (AvgIpc) is 3.90. The van der Waals surface area contributed by atoms with E-state index in [2.05, 4.69) is 211 Å². The summed E-state index contributed by atoms with van der Waals surface area (Å²) < 4.78 is 9.27. The molecule has 0 aliphatic heterocycles. The number of furan rings is 1. The van der Waals surface area contributed by atoms with Crippen molar-refractivity contribution in [1.29, 1.82) is 0 Å². The highest BCUT2D eigenvalue weighted by atomic mass is 16.3. The number of rotatable bonds is 7. The van der Waals surface area contributed by atoms with Gasteiger partial charge in [-0.1, -0.05) is 170 Å². The second-order valence-electron chi connectivity index (χ2n) is 15.6. The van der Waals surface area contributed by atoms with E-state index in [1.807, 2.05) is 12.1 Å². The normalized spacial score (nSPS) is 11.5. The van der Waals surface area contributed by atoms with Gasteiger partial charge in [0.05, 0.1) is 16.4 Å². The van der Waals surface area contributed by atoms with E-state index in [0.29, 0.717) is 17.5 Å². The summed E-state index contributed by atoms with van der Waals surface area (Å²) in [4.78, 5) is 15.4. The predicted molar refractivity (Wildman–Crippen MR) is 254 cm³/mol. The Morgan fingerprint density at radius 1 is 0.306 bits per heavy atom. The molecule has 0 aliphatic rings. The summed E-state index contributed by atoms with van der Waals surface area (Å²) in [5.41, 5.74) is 14.5. The summed E-state index contributed by atoms with van der Waals surface area (Å²) in [6, 6.07) is 76.2. The van der Waals surface area contributed by atoms with Crippen LogP contribution in [0.5, 0.6) is 0 Å². The molecule has 0 saturated heterocycles. The smallest absolute Gasteiger partial charge is 0.164 e. The van der Waals surface area contributed by atoms with Crippen LogP contribution in [0.4, 0.5) is 0 Å². The molecule has 0 saturated carbocycles. The van der Waals surface area contributed by atoms with E-state index in [9.17, 15) is 0 Å². The van der Waals surface area contributed by atoms with Crippen LogP contribution in [0.15, 0.2) is 223 Å². The van der Waals surface area contributed by atoms with Gasteiger partial charge in [0, 0.05) is 38.5 Å². The molecule has 3 aromatic heterocycles. The van der Waals surface area contributed by atoms with Crippen LogP contribution < -0.4 is 0 Å². The SMILES string of the molecule is c1ccc(-c2ccc(-c3nc(-c4cccc(-c5ccccc5)c4)nc(-c4ccc5c(c4)oc4c5ccc5c4c4ccccc4n5-c4ccc(-c5ccccc5)cc4)n3)cc2)cc1. The van der Waals surface area contributed by atoms with Gasteiger partial charge in [-0.15, -0.1) is 0 Å². The van der Waals surface area contributed by atoms with Crippen molar-refractivity contribution in [3.8, 4) is 73.2 Å². The molecule has 3 heterocycles. The van der Waals surface area contributed by atoms with Gasteiger partial charge in [-0.25, -0.2) is 15.0 Å². The van der Waals surface area contributed by atoms with E-state index in [1.54, 1.807) is 0 Å². The first-order valence-corrected chi connectivity index (χ1v) is 20.8. The summed E-state index contributed by atoms with van der Waals surface area (Å²) in [6.45, 7) is 0. The lowest BCUT2D eigenvalue weighted by Gasteiger charge is -2.10.